The summed E-state index contributed by atoms with van der Waals surface area (Å²) in [6.07, 6.45) is 0.620. The quantitative estimate of drug-likeness (QED) is 0.768. The van der Waals surface area contributed by atoms with Gasteiger partial charge in [-0.05, 0) is 24.6 Å². The fraction of sp³-hybridized carbons (Fsp3) is 0.571. The lowest BCUT2D eigenvalue weighted by atomic mass is 10.2. The summed E-state index contributed by atoms with van der Waals surface area (Å²) in [6, 6.07) is 6.17. The van der Waals surface area contributed by atoms with Gasteiger partial charge in [-0.2, -0.15) is 0 Å². The second-order valence-corrected chi connectivity index (χ2v) is 5.27. The Kier molecular flexibility index (Phi) is 3.48. The number of hydrogen-bond donors (Lipinski definition) is 2. The Hall–Kier alpha value is -1.46. The fourth-order valence-corrected chi connectivity index (χ4v) is 2.78. The first kappa shape index (κ1) is 12.6. The van der Waals surface area contributed by atoms with Gasteiger partial charge in [0, 0.05) is 43.2 Å². The lowest BCUT2D eigenvalue weighted by Crippen LogP contribution is -2.36. The van der Waals surface area contributed by atoms with Crippen LogP contribution >= 0.6 is 0 Å². The minimum atomic E-state index is -0.215. The zero-order chi connectivity index (χ0) is 13.2. The van der Waals surface area contributed by atoms with Gasteiger partial charge in [0.25, 0.3) is 0 Å². The molecule has 5 nitrogen and oxygen atoms in total. The Labute approximate surface area is 113 Å². The molecular formula is C14H21N3O2. The number of anilines is 3. The summed E-state index contributed by atoms with van der Waals surface area (Å²) in [5.41, 5.74) is 9.06. The van der Waals surface area contributed by atoms with E-state index in [-0.39, 0.29) is 6.10 Å². The summed E-state index contributed by atoms with van der Waals surface area (Å²) in [7, 11) is 0. The Morgan fingerprint density at radius 3 is 2.37 bits per heavy atom. The standard InChI is InChI=1S/C14H21N3O2/c15-11-7-12(16-3-5-19-6-4-16)9-13(8-11)17-2-1-14(18)10-17/h7-9,14,18H,1-6,10,15H2/t14-/m0/s1. The monoisotopic (exact) mass is 263 g/mol. The molecule has 1 aromatic rings. The van der Waals surface area contributed by atoms with E-state index < -0.39 is 0 Å². The molecule has 104 valence electrons. The predicted molar refractivity (Wildman–Crippen MR) is 76.7 cm³/mol. The lowest BCUT2D eigenvalue weighted by Gasteiger charge is -2.30. The maximum absolute atomic E-state index is 9.65. The van der Waals surface area contributed by atoms with E-state index >= 15 is 0 Å². The highest BCUT2D eigenvalue weighted by Crippen LogP contribution is 2.29. The number of nitrogens with zero attached hydrogens (tertiary/aromatic N) is 2. The normalized spacial score (nSPS) is 23.9. The van der Waals surface area contributed by atoms with Gasteiger partial charge in [0.05, 0.1) is 19.3 Å². The zero-order valence-corrected chi connectivity index (χ0v) is 11.1. The van der Waals surface area contributed by atoms with E-state index in [0.717, 1.165) is 56.3 Å². The molecule has 2 fully saturated rings. The predicted octanol–water partition coefficient (Wildman–Crippen LogP) is 0.676. The first-order chi connectivity index (χ1) is 9.22. The number of rotatable bonds is 2. The first-order valence-corrected chi connectivity index (χ1v) is 6.88. The molecule has 2 saturated heterocycles. The third-order valence-corrected chi connectivity index (χ3v) is 3.83. The van der Waals surface area contributed by atoms with Crippen molar-refractivity contribution in [2.75, 3.05) is 54.9 Å². The molecule has 0 aromatic heterocycles. The highest BCUT2D eigenvalue weighted by molar-refractivity contribution is 5.68. The van der Waals surface area contributed by atoms with Crippen LogP contribution in [0.5, 0.6) is 0 Å². The number of nitrogen functional groups attached to an aromatic ring is 1. The zero-order valence-electron chi connectivity index (χ0n) is 11.1. The molecular weight excluding hydrogens is 242 g/mol. The molecule has 19 heavy (non-hydrogen) atoms. The van der Waals surface area contributed by atoms with Crippen LogP contribution in [0.2, 0.25) is 0 Å². The summed E-state index contributed by atoms with van der Waals surface area (Å²) < 4.78 is 5.38. The van der Waals surface area contributed by atoms with Crippen molar-refractivity contribution in [1.29, 1.82) is 0 Å². The molecule has 0 aliphatic carbocycles. The molecule has 2 aliphatic rings. The van der Waals surface area contributed by atoms with Gasteiger partial charge in [-0.3, -0.25) is 0 Å². The number of hydrogen-bond acceptors (Lipinski definition) is 5. The van der Waals surface area contributed by atoms with Gasteiger partial charge in [-0.15, -0.1) is 0 Å². The lowest BCUT2D eigenvalue weighted by molar-refractivity contribution is 0.122. The van der Waals surface area contributed by atoms with E-state index in [2.05, 4.69) is 15.9 Å². The van der Waals surface area contributed by atoms with Crippen LogP contribution in [-0.4, -0.2) is 50.6 Å². The van der Waals surface area contributed by atoms with Crippen molar-refractivity contribution >= 4 is 17.1 Å². The van der Waals surface area contributed by atoms with Crippen molar-refractivity contribution in [1.82, 2.24) is 0 Å². The molecule has 5 heteroatoms. The molecule has 1 atom stereocenters. The SMILES string of the molecule is Nc1cc(N2CCOCC2)cc(N2CC[C@H](O)C2)c1. The third-order valence-electron chi connectivity index (χ3n) is 3.83. The van der Waals surface area contributed by atoms with Gasteiger partial charge in [0.2, 0.25) is 0 Å². The van der Waals surface area contributed by atoms with Crippen LogP contribution in [0.25, 0.3) is 0 Å². The largest absolute Gasteiger partial charge is 0.399 e. The molecule has 0 unspecified atom stereocenters. The topological polar surface area (TPSA) is 62.0 Å². The summed E-state index contributed by atoms with van der Waals surface area (Å²) in [6.45, 7) is 4.95. The van der Waals surface area contributed by atoms with E-state index in [9.17, 15) is 5.11 Å². The molecule has 2 heterocycles. The molecule has 3 N–H and O–H groups in total. The van der Waals surface area contributed by atoms with E-state index in [1.807, 2.05) is 12.1 Å². The summed E-state index contributed by atoms with van der Waals surface area (Å²) in [5.74, 6) is 0. The van der Waals surface area contributed by atoms with Crippen molar-refractivity contribution in [2.45, 2.75) is 12.5 Å². The number of aliphatic hydroxyl groups is 1. The average molecular weight is 263 g/mol. The van der Waals surface area contributed by atoms with Gasteiger partial charge >= 0.3 is 0 Å². The van der Waals surface area contributed by atoms with Crippen molar-refractivity contribution in [3.05, 3.63) is 18.2 Å². The summed E-state index contributed by atoms with van der Waals surface area (Å²) in [5, 5.41) is 9.65. The second kappa shape index (κ2) is 5.27. The van der Waals surface area contributed by atoms with Crippen molar-refractivity contribution in [3.63, 3.8) is 0 Å². The Morgan fingerprint density at radius 2 is 1.74 bits per heavy atom. The molecule has 1 aromatic carbocycles. The van der Waals surface area contributed by atoms with Crippen LogP contribution < -0.4 is 15.5 Å². The minimum Gasteiger partial charge on any atom is -0.399 e. The molecule has 3 rings (SSSR count). The van der Waals surface area contributed by atoms with Crippen LogP contribution in [0.3, 0.4) is 0 Å². The highest BCUT2D eigenvalue weighted by Gasteiger charge is 2.21. The maximum atomic E-state index is 9.65. The minimum absolute atomic E-state index is 0.215. The van der Waals surface area contributed by atoms with Crippen LogP contribution in [0.15, 0.2) is 18.2 Å². The molecule has 0 radical (unpaired) electrons. The van der Waals surface area contributed by atoms with Crippen molar-refractivity contribution < 1.29 is 9.84 Å². The van der Waals surface area contributed by atoms with Crippen molar-refractivity contribution in [2.24, 2.45) is 0 Å². The molecule has 0 saturated carbocycles. The van der Waals surface area contributed by atoms with Crippen LogP contribution in [-0.2, 0) is 4.74 Å². The smallest absolute Gasteiger partial charge is 0.0731 e. The highest BCUT2D eigenvalue weighted by atomic mass is 16.5. The number of morpholine rings is 1. The van der Waals surface area contributed by atoms with E-state index in [1.54, 1.807) is 0 Å². The van der Waals surface area contributed by atoms with E-state index in [1.165, 1.54) is 0 Å². The molecule has 0 bridgehead atoms. The van der Waals surface area contributed by atoms with Crippen LogP contribution in [0.4, 0.5) is 17.1 Å². The van der Waals surface area contributed by atoms with E-state index in [4.69, 9.17) is 10.5 Å². The van der Waals surface area contributed by atoms with Crippen LogP contribution in [0.1, 0.15) is 6.42 Å². The Balaban J connectivity index is 1.83. The Bertz CT molecular complexity index is 423. The summed E-state index contributed by atoms with van der Waals surface area (Å²) >= 11 is 0. The van der Waals surface area contributed by atoms with Gasteiger partial charge in [0.15, 0.2) is 0 Å². The summed E-state index contributed by atoms with van der Waals surface area (Å²) in [4.78, 5) is 4.50. The number of β-amino-alcohol motifs (C(OH)–C–C–N with tert-alkyl or cyclic N) is 1. The van der Waals surface area contributed by atoms with E-state index in [0.29, 0.717) is 6.54 Å². The van der Waals surface area contributed by atoms with Gasteiger partial charge in [-0.1, -0.05) is 0 Å². The Morgan fingerprint density at radius 1 is 1.05 bits per heavy atom. The second-order valence-electron chi connectivity index (χ2n) is 5.27. The first-order valence-electron chi connectivity index (χ1n) is 6.88. The molecule has 2 aliphatic heterocycles. The van der Waals surface area contributed by atoms with Crippen LogP contribution in [0, 0.1) is 0 Å². The average Bonchev–Trinajstić information content (AvgIpc) is 2.86. The molecule has 0 amide bonds. The molecule has 0 spiro atoms. The number of ether oxygens (including phenoxy) is 1. The number of nitrogens with two attached hydrogens (primary N) is 1. The number of aliphatic hydroxyl groups excluding tert-OH is 1. The van der Waals surface area contributed by atoms with Gasteiger partial charge in [-0.25, -0.2) is 0 Å². The number of benzene rings is 1. The fourth-order valence-electron chi connectivity index (χ4n) is 2.78. The third kappa shape index (κ3) is 2.77. The van der Waals surface area contributed by atoms with Gasteiger partial charge in [0.1, 0.15) is 0 Å². The van der Waals surface area contributed by atoms with Crippen molar-refractivity contribution in [3.8, 4) is 0 Å². The van der Waals surface area contributed by atoms with Gasteiger partial charge < -0.3 is 25.4 Å². The maximum Gasteiger partial charge on any atom is 0.0731 e.